The van der Waals surface area contributed by atoms with Crippen LogP contribution >= 0.6 is 15.6 Å². The van der Waals surface area contributed by atoms with E-state index in [4.69, 9.17) is 37.0 Å². The Labute approximate surface area is 575 Å². The summed E-state index contributed by atoms with van der Waals surface area (Å²) in [6.07, 6.45) is 54.2. The zero-order valence-electron chi connectivity index (χ0n) is 61.3. The van der Waals surface area contributed by atoms with Gasteiger partial charge in [0.25, 0.3) is 0 Å². The van der Waals surface area contributed by atoms with Gasteiger partial charge >= 0.3 is 39.5 Å². The molecule has 0 radical (unpaired) electrons. The topological polar surface area (TPSA) is 237 Å². The Kier molecular flexibility index (Phi) is 65.5. The fraction of sp³-hybridized carbons (Fsp3) is 0.947. The van der Waals surface area contributed by atoms with Gasteiger partial charge in [-0.2, -0.15) is 0 Å². The normalized spacial score (nSPS) is 14.0. The van der Waals surface area contributed by atoms with Crippen LogP contribution in [0.5, 0.6) is 0 Å². The molecule has 19 heteroatoms. The predicted molar refractivity (Wildman–Crippen MR) is 381 cm³/mol. The highest BCUT2D eigenvalue weighted by Crippen LogP contribution is 2.45. The number of phosphoric ester groups is 2. The van der Waals surface area contributed by atoms with Gasteiger partial charge in [0, 0.05) is 25.7 Å². The summed E-state index contributed by atoms with van der Waals surface area (Å²) >= 11 is 0. The van der Waals surface area contributed by atoms with Crippen molar-refractivity contribution in [2.45, 2.75) is 407 Å². The Bertz CT molecular complexity index is 1820. The van der Waals surface area contributed by atoms with Crippen molar-refractivity contribution in [3.63, 3.8) is 0 Å². The van der Waals surface area contributed by atoms with Crippen LogP contribution in [0.1, 0.15) is 388 Å². The summed E-state index contributed by atoms with van der Waals surface area (Å²) in [5.41, 5.74) is 0. The highest BCUT2D eigenvalue weighted by molar-refractivity contribution is 7.47. The molecule has 3 N–H and O–H groups in total. The molecule has 558 valence electrons. The standard InChI is InChI=1S/C75H146O17P2/c1-7-9-11-13-15-16-27-35-41-47-53-59-74(79)91-70(63-85-72(77)57-51-45-37-14-12-10-8-2)65-89-93(81,82)87-61-69(76)62-88-94(83,84)90-66-71(92-75(80)60-54-48-42-36-31-26-22-18-20-24-29-33-39-44-50-56-68(5)6)64-86-73(78)58-52-46-40-34-30-25-21-17-19-23-28-32-38-43-49-55-67(3)4/h67-71,76H,7-66H2,1-6H3,(H,81,82)(H,83,84)/t69-,70+,71+/m0/s1. The molecule has 0 saturated carbocycles. The molecule has 0 fully saturated rings. The molecule has 0 aromatic carbocycles. The molecule has 5 atom stereocenters. The van der Waals surface area contributed by atoms with Gasteiger partial charge in [-0.05, 0) is 37.5 Å². The van der Waals surface area contributed by atoms with E-state index in [9.17, 15) is 43.2 Å². The molecular weight excluding hydrogens is 1230 g/mol. The van der Waals surface area contributed by atoms with E-state index in [1.165, 1.54) is 193 Å². The van der Waals surface area contributed by atoms with Crippen LogP contribution in [0.2, 0.25) is 0 Å². The molecule has 0 aromatic heterocycles. The summed E-state index contributed by atoms with van der Waals surface area (Å²) in [6, 6.07) is 0. The van der Waals surface area contributed by atoms with Crippen molar-refractivity contribution in [2.24, 2.45) is 11.8 Å². The van der Waals surface area contributed by atoms with Gasteiger partial charge in [0.1, 0.15) is 19.3 Å². The van der Waals surface area contributed by atoms with Crippen molar-refractivity contribution in [3.8, 4) is 0 Å². The second kappa shape index (κ2) is 66.9. The van der Waals surface area contributed by atoms with Crippen LogP contribution in [-0.4, -0.2) is 96.7 Å². The molecule has 2 unspecified atom stereocenters. The minimum absolute atomic E-state index is 0.107. The highest BCUT2D eigenvalue weighted by atomic mass is 31.2. The molecule has 0 spiro atoms. The fourth-order valence-electron chi connectivity index (χ4n) is 11.5. The van der Waals surface area contributed by atoms with Crippen molar-refractivity contribution in [1.82, 2.24) is 0 Å². The van der Waals surface area contributed by atoms with Gasteiger partial charge in [-0.15, -0.1) is 0 Å². The van der Waals surface area contributed by atoms with Gasteiger partial charge in [0.2, 0.25) is 0 Å². The summed E-state index contributed by atoms with van der Waals surface area (Å²) in [6.45, 7) is 9.60. The third-order valence-corrected chi connectivity index (χ3v) is 19.4. The van der Waals surface area contributed by atoms with Crippen LogP contribution in [0.3, 0.4) is 0 Å². The van der Waals surface area contributed by atoms with Gasteiger partial charge in [0.05, 0.1) is 26.4 Å². The Morgan fingerprint density at radius 3 is 0.723 bits per heavy atom. The molecule has 0 aromatic rings. The number of phosphoric acid groups is 2. The first-order valence-electron chi connectivity index (χ1n) is 39.0. The molecule has 0 rings (SSSR count). The summed E-state index contributed by atoms with van der Waals surface area (Å²) in [7, 11) is -9.90. The molecule has 17 nitrogen and oxygen atoms in total. The van der Waals surface area contributed by atoms with Gasteiger partial charge in [0.15, 0.2) is 12.2 Å². The van der Waals surface area contributed by atoms with E-state index in [1.807, 2.05) is 0 Å². The summed E-state index contributed by atoms with van der Waals surface area (Å²) in [5, 5.41) is 10.6. The summed E-state index contributed by atoms with van der Waals surface area (Å²) < 4.78 is 68.4. The average Bonchev–Trinajstić information content (AvgIpc) is 1.40. The van der Waals surface area contributed by atoms with Gasteiger partial charge in [-0.3, -0.25) is 37.3 Å². The summed E-state index contributed by atoms with van der Waals surface area (Å²) in [4.78, 5) is 72.6. The molecular formula is C75H146O17P2. The van der Waals surface area contributed by atoms with E-state index in [0.29, 0.717) is 25.7 Å². The summed E-state index contributed by atoms with van der Waals surface area (Å²) in [5.74, 6) is -0.512. The number of carbonyl (C=O) groups excluding carboxylic acids is 4. The van der Waals surface area contributed by atoms with E-state index < -0.39 is 97.5 Å². The molecule has 0 aliphatic heterocycles. The average molecular weight is 1380 g/mol. The number of esters is 4. The highest BCUT2D eigenvalue weighted by Gasteiger charge is 2.30. The van der Waals surface area contributed by atoms with Crippen molar-refractivity contribution in [1.29, 1.82) is 0 Å². The molecule has 0 saturated heterocycles. The third kappa shape index (κ3) is 68.6. The molecule has 94 heavy (non-hydrogen) atoms. The van der Waals surface area contributed by atoms with Gasteiger partial charge in [-0.25, -0.2) is 9.13 Å². The number of aliphatic hydroxyl groups is 1. The Morgan fingerprint density at radius 1 is 0.287 bits per heavy atom. The van der Waals surface area contributed by atoms with Crippen molar-refractivity contribution >= 4 is 39.5 Å². The largest absolute Gasteiger partial charge is 0.472 e. The number of unbranched alkanes of at least 4 members (excludes halogenated alkanes) is 44. The maximum Gasteiger partial charge on any atom is 0.472 e. The van der Waals surface area contributed by atoms with Crippen LogP contribution in [0.25, 0.3) is 0 Å². The fourth-order valence-corrected chi connectivity index (χ4v) is 13.1. The van der Waals surface area contributed by atoms with Crippen molar-refractivity contribution < 1.29 is 80.2 Å². The maximum atomic E-state index is 13.1. The minimum atomic E-state index is -4.96. The van der Waals surface area contributed by atoms with Crippen LogP contribution in [0.15, 0.2) is 0 Å². The van der Waals surface area contributed by atoms with Crippen LogP contribution in [-0.2, 0) is 65.4 Å². The van der Waals surface area contributed by atoms with E-state index in [0.717, 1.165) is 115 Å². The number of hydrogen-bond acceptors (Lipinski definition) is 15. The lowest BCUT2D eigenvalue weighted by molar-refractivity contribution is -0.161. The zero-order chi connectivity index (χ0) is 69.3. The monoisotopic (exact) mass is 1380 g/mol. The minimum Gasteiger partial charge on any atom is -0.462 e. The molecule has 0 heterocycles. The van der Waals surface area contributed by atoms with Crippen molar-refractivity contribution in [2.75, 3.05) is 39.6 Å². The maximum absolute atomic E-state index is 13.1. The Balaban J connectivity index is 5.18. The van der Waals surface area contributed by atoms with Crippen molar-refractivity contribution in [3.05, 3.63) is 0 Å². The van der Waals surface area contributed by atoms with E-state index in [1.54, 1.807) is 0 Å². The second-order valence-corrected chi connectivity index (χ2v) is 30.9. The van der Waals surface area contributed by atoms with Crippen LogP contribution in [0, 0.1) is 11.8 Å². The molecule has 0 amide bonds. The Morgan fingerprint density at radius 2 is 0.489 bits per heavy atom. The third-order valence-electron chi connectivity index (χ3n) is 17.5. The van der Waals surface area contributed by atoms with E-state index in [2.05, 4.69) is 41.5 Å². The lowest BCUT2D eigenvalue weighted by Crippen LogP contribution is -2.30. The zero-order valence-corrected chi connectivity index (χ0v) is 63.1. The van der Waals surface area contributed by atoms with Crippen LogP contribution < -0.4 is 0 Å². The lowest BCUT2D eigenvalue weighted by atomic mass is 10.0. The molecule has 0 aliphatic carbocycles. The quantitative estimate of drug-likeness (QED) is 0.0222. The van der Waals surface area contributed by atoms with Gasteiger partial charge in [-0.1, -0.05) is 337 Å². The second-order valence-electron chi connectivity index (χ2n) is 28.0. The first kappa shape index (κ1) is 92.1. The lowest BCUT2D eigenvalue weighted by Gasteiger charge is -2.21. The number of aliphatic hydroxyl groups excluding tert-OH is 1. The van der Waals surface area contributed by atoms with Crippen LogP contribution in [0.4, 0.5) is 0 Å². The SMILES string of the molecule is CCCCCCCCCCCCCC(=O)O[C@H](COC(=O)CCCCCCCCC)COP(=O)(O)OC[C@H](O)COP(=O)(O)OC[C@@H](COC(=O)CCCCCCCCCCCCCCCCCC(C)C)OC(=O)CCCCCCCCCCCCCCCCCC(C)C. The Hall–Kier alpha value is -1.94. The van der Waals surface area contributed by atoms with E-state index >= 15 is 0 Å². The van der Waals surface area contributed by atoms with Gasteiger partial charge < -0.3 is 33.8 Å². The number of rotatable bonds is 74. The molecule has 0 aliphatic rings. The number of hydrogen-bond donors (Lipinski definition) is 3. The van der Waals surface area contributed by atoms with E-state index in [-0.39, 0.29) is 25.7 Å². The first-order chi connectivity index (χ1) is 45.4. The first-order valence-corrected chi connectivity index (χ1v) is 42.0. The smallest absolute Gasteiger partial charge is 0.462 e. The number of ether oxygens (including phenoxy) is 4. The molecule has 0 bridgehead atoms. The predicted octanol–water partition coefficient (Wildman–Crippen LogP) is 21.9. The number of carbonyl (C=O) groups is 4.